The molecular weight excluding hydrogens is 314 g/mol. The van der Waals surface area contributed by atoms with Crippen molar-refractivity contribution in [1.29, 1.82) is 0 Å². The maximum atomic E-state index is 12.2. The van der Waals surface area contributed by atoms with Gasteiger partial charge < -0.3 is 15.4 Å². The van der Waals surface area contributed by atoms with E-state index in [4.69, 9.17) is 10.7 Å². The van der Waals surface area contributed by atoms with Gasteiger partial charge in [-0.15, -0.1) is 0 Å². The van der Waals surface area contributed by atoms with Gasteiger partial charge in [-0.05, 0) is 30.9 Å². The second-order valence-electron chi connectivity index (χ2n) is 6.85. The molecule has 1 fully saturated rings. The van der Waals surface area contributed by atoms with Crippen molar-refractivity contribution in [3.05, 3.63) is 36.2 Å². The van der Waals surface area contributed by atoms with Gasteiger partial charge in [0.1, 0.15) is 18.2 Å². The van der Waals surface area contributed by atoms with Crippen LogP contribution < -0.4 is 5.73 Å². The molecular formula is C19H23N5O. The van der Waals surface area contributed by atoms with Crippen molar-refractivity contribution in [2.45, 2.75) is 44.3 Å². The van der Waals surface area contributed by atoms with Gasteiger partial charge in [-0.2, -0.15) is 5.10 Å². The molecule has 2 heterocycles. The Morgan fingerprint density at radius 1 is 1.40 bits per heavy atom. The Morgan fingerprint density at radius 2 is 2.20 bits per heavy atom. The highest BCUT2D eigenvalue weighted by atomic mass is 16.1. The quantitative estimate of drug-likeness (QED) is 0.851. The number of aryl methyl sites for hydroxylation is 1. The van der Waals surface area contributed by atoms with Gasteiger partial charge in [0.2, 0.25) is 0 Å². The third-order valence-corrected chi connectivity index (χ3v) is 5.03. The van der Waals surface area contributed by atoms with Gasteiger partial charge in [0.15, 0.2) is 0 Å². The van der Waals surface area contributed by atoms with Crippen LogP contribution in [0.15, 0.2) is 35.6 Å². The monoisotopic (exact) mass is 337 g/mol. The van der Waals surface area contributed by atoms with Crippen LogP contribution in [-0.4, -0.2) is 38.9 Å². The molecule has 2 aromatic rings. The van der Waals surface area contributed by atoms with Crippen LogP contribution in [0.25, 0.3) is 11.1 Å². The topological polar surface area (TPSA) is 76.5 Å². The summed E-state index contributed by atoms with van der Waals surface area (Å²) in [5, 5.41) is 4.27. The van der Waals surface area contributed by atoms with Crippen LogP contribution >= 0.6 is 0 Å². The third-order valence-electron chi connectivity index (χ3n) is 5.03. The van der Waals surface area contributed by atoms with Crippen LogP contribution in [0.5, 0.6) is 0 Å². The zero-order valence-corrected chi connectivity index (χ0v) is 14.6. The smallest absolute Gasteiger partial charge is 0.147 e. The molecule has 0 radical (unpaired) electrons. The fourth-order valence-corrected chi connectivity index (χ4v) is 3.59. The standard InChI is InChI=1S/C19H23N5O/c1-3-15(20)19-22-16-6-4-5-14(12-9-21-23(2)10-12)18(16)17(11-25)24(19)13-7-8-13/h4-6,9-11,13,15,17H,3,7-8,20H2,1-2H3/t15?,17-/m1/s1. The van der Waals surface area contributed by atoms with Crippen LogP contribution in [0.4, 0.5) is 5.69 Å². The SMILES string of the molecule is CCC(N)C1=Nc2cccc(-c3cnn(C)c3)c2[C@@H](C=O)N1C1CC1. The molecule has 1 saturated carbocycles. The summed E-state index contributed by atoms with van der Waals surface area (Å²) in [5.74, 6) is 0.845. The van der Waals surface area contributed by atoms with Crippen molar-refractivity contribution in [3.8, 4) is 11.1 Å². The van der Waals surface area contributed by atoms with Gasteiger partial charge in [-0.1, -0.05) is 19.1 Å². The Bertz CT molecular complexity index is 836. The molecule has 1 unspecified atom stereocenters. The van der Waals surface area contributed by atoms with Crippen molar-refractivity contribution in [1.82, 2.24) is 14.7 Å². The number of amidine groups is 1. The predicted molar refractivity (Wildman–Crippen MR) is 97.7 cm³/mol. The number of hydrogen-bond donors (Lipinski definition) is 1. The van der Waals surface area contributed by atoms with E-state index < -0.39 is 0 Å². The van der Waals surface area contributed by atoms with Gasteiger partial charge in [-0.3, -0.25) is 4.68 Å². The summed E-state index contributed by atoms with van der Waals surface area (Å²) in [7, 11) is 1.89. The molecule has 130 valence electrons. The Balaban J connectivity index is 1.91. The molecule has 1 aliphatic carbocycles. The highest BCUT2D eigenvalue weighted by molar-refractivity contribution is 5.96. The molecule has 1 aromatic carbocycles. The van der Waals surface area contributed by atoms with E-state index in [0.29, 0.717) is 6.04 Å². The van der Waals surface area contributed by atoms with Gasteiger partial charge in [0.05, 0.1) is 17.9 Å². The number of benzene rings is 1. The van der Waals surface area contributed by atoms with E-state index in [1.807, 2.05) is 37.6 Å². The van der Waals surface area contributed by atoms with Crippen molar-refractivity contribution < 1.29 is 4.79 Å². The normalized spacial score (nSPS) is 20.8. The van der Waals surface area contributed by atoms with Crippen LogP contribution in [0.3, 0.4) is 0 Å². The summed E-state index contributed by atoms with van der Waals surface area (Å²) < 4.78 is 1.77. The number of nitrogens with two attached hydrogens (primary N) is 1. The molecule has 0 bridgehead atoms. The number of nitrogens with zero attached hydrogens (tertiary/aromatic N) is 4. The van der Waals surface area contributed by atoms with Crippen molar-refractivity contribution in [2.24, 2.45) is 17.8 Å². The number of aldehydes is 1. The minimum absolute atomic E-state index is 0.154. The summed E-state index contributed by atoms with van der Waals surface area (Å²) in [6, 6.07) is 5.86. The van der Waals surface area contributed by atoms with Gasteiger partial charge in [-0.25, -0.2) is 4.99 Å². The second-order valence-corrected chi connectivity index (χ2v) is 6.85. The van der Waals surface area contributed by atoms with Crippen LogP contribution in [-0.2, 0) is 11.8 Å². The zero-order chi connectivity index (χ0) is 17.6. The number of carbonyl (C=O) groups excluding carboxylic acids is 1. The minimum atomic E-state index is -0.344. The molecule has 1 aromatic heterocycles. The molecule has 2 aliphatic rings. The molecule has 1 aliphatic heterocycles. The number of aromatic nitrogens is 2. The average molecular weight is 337 g/mol. The van der Waals surface area contributed by atoms with E-state index in [9.17, 15) is 4.79 Å². The Labute approximate surface area is 147 Å². The lowest BCUT2D eigenvalue weighted by atomic mass is 9.92. The number of fused-ring (bicyclic) bond motifs is 1. The third kappa shape index (κ3) is 2.66. The zero-order valence-electron chi connectivity index (χ0n) is 14.6. The molecule has 0 amide bonds. The summed E-state index contributed by atoms with van der Waals surface area (Å²) in [5.41, 5.74) is 10.1. The Morgan fingerprint density at radius 3 is 2.80 bits per heavy atom. The first-order valence-corrected chi connectivity index (χ1v) is 8.83. The summed E-state index contributed by atoms with van der Waals surface area (Å²) in [4.78, 5) is 19.2. The van der Waals surface area contributed by atoms with E-state index in [0.717, 1.165) is 53.8 Å². The van der Waals surface area contributed by atoms with E-state index in [1.165, 1.54) is 0 Å². The van der Waals surface area contributed by atoms with Gasteiger partial charge in [0, 0.05) is 30.4 Å². The lowest BCUT2D eigenvalue weighted by molar-refractivity contribution is -0.111. The molecule has 0 saturated heterocycles. The largest absolute Gasteiger partial charge is 0.342 e. The highest BCUT2D eigenvalue weighted by Gasteiger charge is 2.42. The Kier molecular flexibility index (Phi) is 3.92. The van der Waals surface area contributed by atoms with Crippen LogP contribution in [0.1, 0.15) is 37.8 Å². The fraction of sp³-hybridized carbons (Fsp3) is 0.421. The van der Waals surface area contributed by atoms with Crippen LogP contribution in [0, 0.1) is 0 Å². The summed E-state index contributed by atoms with van der Waals surface area (Å²) in [6.07, 6.45) is 7.81. The lowest BCUT2D eigenvalue weighted by Crippen LogP contribution is -2.48. The number of hydrogen-bond acceptors (Lipinski definition) is 5. The van der Waals surface area contributed by atoms with Gasteiger partial charge >= 0.3 is 0 Å². The summed E-state index contributed by atoms with van der Waals surface area (Å²) >= 11 is 0. The molecule has 6 nitrogen and oxygen atoms in total. The first kappa shape index (κ1) is 16.0. The molecule has 6 heteroatoms. The van der Waals surface area contributed by atoms with Crippen LogP contribution in [0.2, 0.25) is 0 Å². The van der Waals surface area contributed by atoms with E-state index >= 15 is 0 Å². The molecule has 4 rings (SSSR count). The van der Waals surface area contributed by atoms with Crippen molar-refractivity contribution >= 4 is 17.8 Å². The average Bonchev–Trinajstić information content (AvgIpc) is 3.39. The van der Waals surface area contributed by atoms with Crippen molar-refractivity contribution in [3.63, 3.8) is 0 Å². The highest BCUT2D eigenvalue weighted by Crippen LogP contribution is 2.45. The van der Waals surface area contributed by atoms with Crippen molar-refractivity contribution in [2.75, 3.05) is 0 Å². The number of carbonyl (C=O) groups is 1. The van der Waals surface area contributed by atoms with E-state index in [1.54, 1.807) is 4.68 Å². The summed E-state index contributed by atoms with van der Waals surface area (Å²) in [6.45, 7) is 2.05. The molecule has 2 N–H and O–H groups in total. The number of rotatable bonds is 5. The fourth-order valence-electron chi connectivity index (χ4n) is 3.59. The maximum absolute atomic E-state index is 12.2. The van der Waals surface area contributed by atoms with E-state index in [-0.39, 0.29) is 12.1 Å². The molecule has 0 spiro atoms. The Hall–Kier alpha value is -2.47. The lowest BCUT2D eigenvalue weighted by Gasteiger charge is -2.38. The first-order valence-electron chi connectivity index (χ1n) is 8.83. The molecule has 2 atom stereocenters. The minimum Gasteiger partial charge on any atom is -0.342 e. The van der Waals surface area contributed by atoms with E-state index in [2.05, 4.69) is 16.9 Å². The van der Waals surface area contributed by atoms with Gasteiger partial charge in [0.25, 0.3) is 0 Å². The second kappa shape index (κ2) is 6.11. The first-order chi connectivity index (χ1) is 12.1. The molecule has 25 heavy (non-hydrogen) atoms. The predicted octanol–water partition coefficient (Wildman–Crippen LogP) is 2.57. The number of aliphatic imine (C=N–C) groups is 1. The maximum Gasteiger partial charge on any atom is 0.147 e.